The average Bonchev–Trinajstić information content (AvgIpc) is 3.16. The average molecular weight is 369 g/mol. The molecule has 2 fully saturated rings. The van der Waals surface area contributed by atoms with E-state index in [0.29, 0.717) is 17.5 Å². The molecular formula is C20H23N3O2S. The van der Waals surface area contributed by atoms with E-state index in [0.717, 1.165) is 44.3 Å². The zero-order valence-corrected chi connectivity index (χ0v) is 15.5. The zero-order valence-electron chi connectivity index (χ0n) is 14.7. The van der Waals surface area contributed by atoms with E-state index in [1.807, 2.05) is 35.2 Å². The number of hydrogen-bond donors (Lipinski definition) is 1. The molecule has 1 aromatic heterocycles. The fraction of sp³-hybridized carbons (Fsp3) is 0.450. The van der Waals surface area contributed by atoms with E-state index in [2.05, 4.69) is 10.3 Å². The Labute approximate surface area is 157 Å². The van der Waals surface area contributed by atoms with Gasteiger partial charge in [0.1, 0.15) is 5.69 Å². The van der Waals surface area contributed by atoms with Crippen molar-refractivity contribution < 1.29 is 9.59 Å². The number of nitrogens with one attached hydrogen (secondary N) is 1. The van der Waals surface area contributed by atoms with Crippen LogP contribution >= 0.6 is 11.3 Å². The van der Waals surface area contributed by atoms with Gasteiger partial charge >= 0.3 is 0 Å². The van der Waals surface area contributed by atoms with Crippen molar-refractivity contribution in [3.63, 3.8) is 0 Å². The van der Waals surface area contributed by atoms with E-state index in [-0.39, 0.29) is 17.9 Å². The molecule has 0 unspecified atom stereocenters. The van der Waals surface area contributed by atoms with Crippen molar-refractivity contribution in [1.82, 2.24) is 15.2 Å². The lowest BCUT2D eigenvalue weighted by Crippen LogP contribution is -2.55. The van der Waals surface area contributed by atoms with Crippen molar-refractivity contribution in [1.29, 1.82) is 0 Å². The maximum atomic E-state index is 12.5. The molecule has 1 aromatic carbocycles. The second-order valence-corrected chi connectivity index (χ2v) is 8.21. The normalized spacial score (nSPS) is 19.2. The van der Waals surface area contributed by atoms with Crippen LogP contribution in [0.3, 0.4) is 0 Å². The van der Waals surface area contributed by atoms with Crippen LogP contribution in [-0.2, 0) is 11.2 Å². The van der Waals surface area contributed by atoms with E-state index >= 15 is 0 Å². The lowest BCUT2D eigenvalue weighted by molar-refractivity contribution is -0.134. The molecule has 1 saturated carbocycles. The van der Waals surface area contributed by atoms with Gasteiger partial charge in [0.05, 0.1) is 11.9 Å². The Bertz CT molecular complexity index is 760. The first kappa shape index (κ1) is 17.2. The Morgan fingerprint density at radius 2 is 1.92 bits per heavy atom. The van der Waals surface area contributed by atoms with Gasteiger partial charge in [0.2, 0.25) is 5.91 Å². The van der Waals surface area contributed by atoms with Gasteiger partial charge in [-0.2, -0.15) is 0 Å². The molecule has 26 heavy (non-hydrogen) atoms. The van der Waals surface area contributed by atoms with E-state index in [4.69, 9.17) is 0 Å². The van der Waals surface area contributed by atoms with Crippen LogP contribution in [0.1, 0.15) is 41.7 Å². The summed E-state index contributed by atoms with van der Waals surface area (Å²) in [7, 11) is 0. The monoisotopic (exact) mass is 369 g/mol. The van der Waals surface area contributed by atoms with Crippen LogP contribution < -0.4 is 5.32 Å². The van der Waals surface area contributed by atoms with Crippen LogP contribution in [0, 0.1) is 5.41 Å². The molecule has 2 aromatic rings. The maximum absolute atomic E-state index is 12.5. The van der Waals surface area contributed by atoms with Crippen LogP contribution in [0.5, 0.6) is 0 Å². The number of aromatic nitrogens is 1. The Morgan fingerprint density at radius 3 is 2.58 bits per heavy atom. The molecule has 1 saturated heterocycles. The molecule has 1 spiro atoms. The molecular weight excluding hydrogens is 346 g/mol. The molecule has 2 heterocycles. The van der Waals surface area contributed by atoms with Gasteiger partial charge in [0.15, 0.2) is 0 Å². The number of nitrogens with zero attached hydrogens (tertiary/aromatic N) is 2. The molecule has 1 aliphatic carbocycles. The van der Waals surface area contributed by atoms with Crippen molar-refractivity contribution in [3.05, 3.63) is 52.5 Å². The van der Waals surface area contributed by atoms with Crippen LogP contribution in [0.4, 0.5) is 0 Å². The number of hydrogen-bond acceptors (Lipinski definition) is 4. The van der Waals surface area contributed by atoms with Gasteiger partial charge in [0, 0.05) is 24.5 Å². The molecule has 5 nitrogen and oxygen atoms in total. The molecule has 1 aliphatic heterocycles. The minimum absolute atomic E-state index is 0.0680. The van der Waals surface area contributed by atoms with Crippen LogP contribution in [-0.4, -0.2) is 40.8 Å². The molecule has 4 rings (SSSR count). The molecule has 1 N–H and O–H groups in total. The van der Waals surface area contributed by atoms with Gasteiger partial charge in [-0.25, -0.2) is 4.98 Å². The molecule has 0 bridgehead atoms. The number of piperidine rings is 1. The van der Waals surface area contributed by atoms with Gasteiger partial charge in [-0.15, -0.1) is 11.3 Å². The number of likely N-dealkylation sites (tertiary alicyclic amines) is 1. The first-order chi connectivity index (χ1) is 12.6. The Morgan fingerprint density at radius 1 is 1.19 bits per heavy atom. The van der Waals surface area contributed by atoms with Gasteiger partial charge in [0.25, 0.3) is 5.91 Å². The summed E-state index contributed by atoms with van der Waals surface area (Å²) in [5, 5.41) is 4.86. The van der Waals surface area contributed by atoms with Crippen molar-refractivity contribution >= 4 is 23.2 Å². The van der Waals surface area contributed by atoms with Crippen LogP contribution in [0.2, 0.25) is 0 Å². The molecule has 2 amide bonds. The Balaban J connectivity index is 1.23. The highest BCUT2D eigenvalue weighted by molar-refractivity contribution is 7.07. The lowest BCUT2D eigenvalue weighted by atomic mass is 9.60. The Kier molecular flexibility index (Phi) is 4.76. The molecule has 0 radical (unpaired) electrons. The number of amides is 2. The summed E-state index contributed by atoms with van der Waals surface area (Å²) >= 11 is 1.44. The third-order valence-corrected chi connectivity index (χ3v) is 6.32. The number of carbonyl (C=O) groups excluding carboxylic acids is 2. The highest BCUT2D eigenvalue weighted by Crippen LogP contribution is 2.49. The van der Waals surface area contributed by atoms with Gasteiger partial charge in [-0.05, 0) is 36.7 Å². The fourth-order valence-corrected chi connectivity index (χ4v) is 4.72. The minimum atomic E-state index is -0.0680. The molecule has 6 heteroatoms. The van der Waals surface area contributed by atoms with Crippen molar-refractivity contribution in [3.8, 4) is 0 Å². The summed E-state index contributed by atoms with van der Waals surface area (Å²) in [5.74, 6) is 0.153. The first-order valence-corrected chi connectivity index (χ1v) is 10.1. The minimum Gasteiger partial charge on any atom is -0.348 e. The molecule has 2 aliphatic rings. The third kappa shape index (κ3) is 3.65. The Hall–Kier alpha value is -2.21. The number of carbonyl (C=O) groups is 2. The first-order valence-electron chi connectivity index (χ1n) is 9.14. The van der Waals surface area contributed by atoms with E-state index in [9.17, 15) is 9.59 Å². The SMILES string of the molecule is O=C(NC1CC2(CCN(C(=O)Cc3ccccc3)CC2)C1)c1cscn1. The van der Waals surface area contributed by atoms with Crippen molar-refractivity contribution in [2.45, 2.75) is 38.1 Å². The summed E-state index contributed by atoms with van der Waals surface area (Å²) < 4.78 is 0. The van der Waals surface area contributed by atoms with Crippen LogP contribution in [0.25, 0.3) is 0 Å². The highest BCUT2D eigenvalue weighted by Gasteiger charge is 2.46. The van der Waals surface area contributed by atoms with Gasteiger partial charge < -0.3 is 10.2 Å². The fourth-order valence-electron chi connectivity index (χ4n) is 4.19. The third-order valence-electron chi connectivity index (χ3n) is 5.73. The summed E-state index contributed by atoms with van der Waals surface area (Å²) in [5.41, 5.74) is 3.58. The maximum Gasteiger partial charge on any atom is 0.270 e. The number of thiazole rings is 1. The summed E-state index contributed by atoms with van der Waals surface area (Å²) in [6, 6.07) is 10.2. The van der Waals surface area contributed by atoms with Crippen LogP contribution in [0.15, 0.2) is 41.2 Å². The second-order valence-electron chi connectivity index (χ2n) is 7.50. The topological polar surface area (TPSA) is 62.3 Å². The van der Waals surface area contributed by atoms with E-state index in [1.54, 1.807) is 10.9 Å². The predicted molar refractivity (Wildman–Crippen MR) is 101 cm³/mol. The van der Waals surface area contributed by atoms with Gasteiger partial charge in [-0.1, -0.05) is 30.3 Å². The number of benzene rings is 1. The largest absolute Gasteiger partial charge is 0.348 e. The summed E-state index contributed by atoms with van der Waals surface area (Å²) in [6.07, 6.45) is 4.60. The number of rotatable bonds is 4. The predicted octanol–water partition coefficient (Wildman–Crippen LogP) is 2.89. The summed E-state index contributed by atoms with van der Waals surface area (Å²) in [6.45, 7) is 1.66. The summed E-state index contributed by atoms with van der Waals surface area (Å²) in [4.78, 5) is 30.6. The smallest absolute Gasteiger partial charge is 0.270 e. The standard InChI is InChI=1S/C20H23N3O2S/c24-18(10-15-4-2-1-3-5-15)23-8-6-20(7-9-23)11-16(12-20)22-19(25)17-13-26-14-21-17/h1-5,13-14,16H,6-12H2,(H,22,25). The quantitative estimate of drug-likeness (QED) is 0.901. The van der Waals surface area contributed by atoms with E-state index < -0.39 is 0 Å². The van der Waals surface area contributed by atoms with Gasteiger partial charge in [-0.3, -0.25) is 9.59 Å². The lowest BCUT2D eigenvalue weighted by Gasteiger charge is -2.52. The molecule has 0 atom stereocenters. The van der Waals surface area contributed by atoms with Crippen molar-refractivity contribution in [2.75, 3.05) is 13.1 Å². The molecule has 136 valence electrons. The van der Waals surface area contributed by atoms with Crippen molar-refractivity contribution in [2.24, 2.45) is 5.41 Å². The zero-order chi connectivity index (χ0) is 18.0. The second kappa shape index (κ2) is 7.19. The highest BCUT2D eigenvalue weighted by atomic mass is 32.1. The van der Waals surface area contributed by atoms with E-state index in [1.165, 1.54) is 11.3 Å².